The molecule has 134 valence electrons. The van der Waals surface area contributed by atoms with Crippen LogP contribution in [-0.2, 0) is 22.2 Å². The molecule has 1 atom stereocenters. The van der Waals surface area contributed by atoms with Crippen molar-refractivity contribution < 1.29 is 9.69 Å². The van der Waals surface area contributed by atoms with E-state index in [2.05, 4.69) is 25.0 Å². The van der Waals surface area contributed by atoms with Gasteiger partial charge in [-0.3, -0.25) is 4.68 Å². The van der Waals surface area contributed by atoms with Crippen molar-refractivity contribution in [1.82, 2.24) is 19.7 Å². The van der Waals surface area contributed by atoms with Gasteiger partial charge in [0.25, 0.3) is 0 Å². The maximum Gasteiger partial charge on any atom is 0.198 e. The third-order valence-corrected chi connectivity index (χ3v) is 4.73. The highest BCUT2D eigenvalue weighted by Crippen LogP contribution is 2.21. The van der Waals surface area contributed by atoms with Crippen LogP contribution in [0.4, 0.5) is 11.5 Å². The average molecular weight is 354 g/mol. The molecule has 2 rings (SSSR count). The summed E-state index contributed by atoms with van der Waals surface area (Å²) in [5.41, 5.74) is 2.62. The van der Waals surface area contributed by atoms with E-state index >= 15 is 0 Å². The van der Waals surface area contributed by atoms with Crippen molar-refractivity contribution >= 4 is 22.5 Å². The van der Waals surface area contributed by atoms with Crippen molar-refractivity contribution in [2.45, 2.75) is 18.7 Å². The minimum Gasteiger partial charge on any atom is -0.870 e. The standard InChI is InChI=1S/C15H24N6OS.H2O/c1-11-15(12(2)21(5)18-11)19-23(22)13-6-7-14(17-10-13)16-8-9-20(3)4;/h6-7,10H,8-9H2,1-5H3,(H,16,17)(H,19,22);1H2. The summed E-state index contributed by atoms with van der Waals surface area (Å²) in [7, 11) is 4.16. The summed E-state index contributed by atoms with van der Waals surface area (Å²) in [6.07, 6.45) is 1.64. The molecule has 0 aliphatic rings. The van der Waals surface area contributed by atoms with Gasteiger partial charge in [-0.05, 0) is 34.0 Å². The maximum absolute atomic E-state index is 12.5. The highest BCUT2D eigenvalue weighted by Gasteiger charge is 2.17. The Morgan fingerprint density at radius 3 is 2.50 bits per heavy atom. The first-order valence-electron chi connectivity index (χ1n) is 7.47. The number of anilines is 2. The number of likely N-dealkylation sites (N-methyl/N-ethyl adjacent to an activating group) is 1. The van der Waals surface area contributed by atoms with Gasteiger partial charge in [0.1, 0.15) is 11.5 Å². The summed E-state index contributed by atoms with van der Waals surface area (Å²) in [6.45, 7) is 5.59. The van der Waals surface area contributed by atoms with Crippen LogP contribution in [0, 0.1) is 13.8 Å². The summed E-state index contributed by atoms with van der Waals surface area (Å²) in [6, 6.07) is 3.68. The first-order chi connectivity index (χ1) is 10.9. The van der Waals surface area contributed by atoms with Crippen LogP contribution in [-0.4, -0.2) is 52.3 Å². The van der Waals surface area contributed by atoms with Crippen molar-refractivity contribution in [3.8, 4) is 0 Å². The number of pyridine rings is 1. The average Bonchev–Trinajstić information content (AvgIpc) is 2.74. The predicted molar refractivity (Wildman–Crippen MR) is 97.2 cm³/mol. The van der Waals surface area contributed by atoms with Crippen LogP contribution in [0.3, 0.4) is 0 Å². The fourth-order valence-electron chi connectivity index (χ4n) is 2.12. The van der Waals surface area contributed by atoms with Crippen LogP contribution in [0.2, 0.25) is 0 Å². The van der Waals surface area contributed by atoms with E-state index in [1.54, 1.807) is 10.9 Å². The second kappa shape index (κ2) is 8.76. The second-order valence-corrected chi connectivity index (χ2v) is 7.04. The number of thiol groups is 1. The first-order valence-corrected chi connectivity index (χ1v) is 8.73. The Kier molecular flexibility index (Phi) is 7.33. The van der Waals surface area contributed by atoms with Gasteiger partial charge < -0.3 is 15.7 Å². The molecule has 8 nitrogen and oxygen atoms in total. The Labute approximate surface area is 145 Å². The lowest BCUT2D eigenvalue weighted by Crippen LogP contribution is -2.21. The predicted octanol–water partition coefficient (Wildman–Crippen LogP) is 1.31. The molecule has 24 heavy (non-hydrogen) atoms. The summed E-state index contributed by atoms with van der Waals surface area (Å²) in [5.74, 6) is 0.785. The van der Waals surface area contributed by atoms with E-state index in [0.29, 0.717) is 4.90 Å². The monoisotopic (exact) mass is 354 g/mol. The molecule has 0 aromatic carbocycles. The number of hydrogen-bond acceptors (Lipinski definition) is 6. The molecule has 0 amide bonds. The number of nitrogens with zero attached hydrogens (tertiary/aromatic N) is 4. The number of aryl methyl sites for hydroxylation is 2. The number of rotatable bonds is 7. The van der Waals surface area contributed by atoms with Crippen molar-refractivity contribution in [2.24, 2.45) is 7.05 Å². The molecule has 0 aliphatic heterocycles. The lowest BCUT2D eigenvalue weighted by atomic mass is 10.3. The highest BCUT2D eigenvalue weighted by atomic mass is 32.2. The molecule has 9 heteroatoms. The number of aromatic nitrogens is 3. The fraction of sp³-hybridized carbons (Fsp3) is 0.467. The minimum absolute atomic E-state index is 0. The van der Waals surface area contributed by atoms with Gasteiger partial charge in [-0.15, -0.1) is 0 Å². The molecular weight excluding hydrogens is 328 g/mol. The van der Waals surface area contributed by atoms with Gasteiger partial charge >= 0.3 is 0 Å². The highest BCUT2D eigenvalue weighted by molar-refractivity contribution is 7.86. The molecule has 2 aromatic heterocycles. The van der Waals surface area contributed by atoms with E-state index in [-0.39, 0.29) is 5.48 Å². The van der Waals surface area contributed by atoms with Gasteiger partial charge in [-0.2, -0.15) is 9.82 Å². The molecule has 0 aliphatic carbocycles. The molecule has 1 unspecified atom stereocenters. The van der Waals surface area contributed by atoms with Crippen molar-refractivity contribution in [3.05, 3.63) is 29.7 Å². The van der Waals surface area contributed by atoms with E-state index in [4.69, 9.17) is 0 Å². The molecule has 2 heterocycles. The number of hydrogen-bond donors (Lipinski definition) is 2. The lowest BCUT2D eigenvalue weighted by Gasteiger charge is -2.10. The normalized spacial score (nSPS) is 11.9. The first kappa shape index (κ1) is 20.1. The summed E-state index contributed by atoms with van der Waals surface area (Å²) >= 11 is 0. The number of nitrogens with one attached hydrogen (secondary N) is 2. The lowest BCUT2D eigenvalue weighted by molar-refractivity contribution is 0.425. The zero-order valence-corrected chi connectivity index (χ0v) is 15.6. The fourth-order valence-corrected chi connectivity index (χ4v) is 3.15. The van der Waals surface area contributed by atoms with Crippen molar-refractivity contribution in [2.75, 3.05) is 37.2 Å². The Morgan fingerprint density at radius 2 is 2.00 bits per heavy atom. The summed E-state index contributed by atoms with van der Waals surface area (Å²) in [4.78, 5) is 7.08. The van der Waals surface area contributed by atoms with Gasteiger partial charge in [0, 0.05) is 26.2 Å². The van der Waals surface area contributed by atoms with Crippen LogP contribution < -0.4 is 10.0 Å². The SMILES string of the molecule is Cc1nn(C)c(C)c1N[SH+](=O)c1ccc(NCCN(C)C)nc1.[OH-]. The zero-order valence-electron chi connectivity index (χ0n) is 14.7. The molecule has 0 saturated heterocycles. The van der Waals surface area contributed by atoms with Crippen molar-refractivity contribution in [3.63, 3.8) is 0 Å². The van der Waals surface area contributed by atoms with Crippen molar-refractivity contribution in [1.29, 1.82) is 0 Å². The van der Waals surface area contributed by atoms with E-state index in [0.717, 1.165) is 36.0 Å². The van der Waals surface area contributed by atoms with Gasteiger partial charge in [0.15, 0.2) is 15.9 Å². The Morgan fingerprint density at radius 1 is 1.29 bits per heavy atom. The molecular formula is C15H26N6O2S. The largest absolute Gasteiger partial charge is 0.870 e. The van der Waals surface area contributed by atoms with Gasteiger partial charge in [-0.1, -0.05) is 4.21 Å². The summed E-state index contributed by atoms with van der Waals surface area (Å²) < 4.78 is 17.3. The van der Waals surface area contributed by atoms with Gasteiger partial charge in [-0.25, -0.2) is 4.98 Å². The van der Waals surface area contributed by atoms with Crippen LogP contribution in [0.25, 0.3) is 0 Å². The Hall–Kier alpha value is -1.97. The molecule has 0 spiro atoms. The third-order valence-electron chi connectivity index (χ3n) is 3.57. The van der Waals surface area contributed by atoms with E-state index in [1.165, 1.54) is 0 Å². The molecule has 0 bridgehead atoms. The molecule has 0 saturated carbocycles. The quantitative estimate of drug-likeness (QED) is 0.574. The van der Waals surface area contributed by atoms with Crippen LogP contribution in [0.1, 0.15) is 11.4 Å². The molecule has 0 radical (unpaired) electrons. The molecule has 0 fully saturated rings. The van der Waals surface area contributed by atoms with Gasteiger partial charge in [0.05, 0.1) is 17.6 Å². The van der Waals surface area contributed by atoms with E-state index < -0.39 is 11.0 Å². The van der Waals surface area contributed by atoms with E-state index in [9.17, 15) is 4.21 Å². The Balaban J connectivity index is 0.00000288. The maximum atomic E-state index is 12.5. The molecule has 2 aromatic rings. The summed E-state index contributed by atoms with van der Waals surface area (Å²) in [5, 5.41) is 7.55. The Bertz CT molecular complexity index is 684. The van der Waals surface area contributed by atoms with E-state index in [1.807, 2.05) is 47.1 Å². The zero-order chi connectivity index (χ0) is 17.0. The van der Waals surface area contributed by atoms with Crippen LogP contribution in [0.5, 0.6) is 0 Å². The van der Waals surface area contributed by atoms with Crippen LogP contribution >= 0.6 is 0 Å². The van der Waals surface area contributed by atoms with Gasteiger partial charge in [0.2, 0.25) is 0 Å². The van der Waals surface area contributed by atoms with Crippen LogP contribution in [0.15, 0.2) is 23.2 Å². The smallest absolute Gasteiger partial charge is 0.198 e. The topological polar surface area (TPSA) is 105 Å². The molecule has 3 N–H and O–H groups in total. The minimum atomic E-state index is -1.76. The third kappa shape index (κ3) is 5.02. The second-order valence-electron chi connectivity index (χ2n) is 5.71.